The largest absolute Gasteiger partial charge is 0.351 e. The van der Waals surface area contributed by atoms with Gasteiger partial charge in [0.25, 0.3) is 5.91 Å². The summed E-state index contributed by atoms with van der Waals surface area (Å²) in [6, 6.07) is 7.91. The number of benzene rings is 1. The van der Waals surface area contributed by atoms with Crippen LogP contribution in [0.3, 0.4) is 0 Å². The Balaban J connectivity index is 2.39. The molecule has 1 amide bonds. The minimum atomic E-state index is -3.44. The van der Waals surface area contributed by atoms with Crippen LogP contribution in [0.25, 0.3) is 0 Å². The lowest BCUT2D eigenvalue weighted by molar-refractivity contribution is 0.0957. The van der Waals surface area contributed by atoms with Crippen LogP contribution in [0.2, 0.25) is 0 Å². The van der Waals surface area contributed by atoms with E-state index in [1.54, 1.807) is 24.3 Å². The summed E-state index contributed by atoms with van der Waals surface area (Å²) < 4.78 is 28.7. The van der Waals surface area contributed by atoms with Crippen molar-refractivity contribution in [3.8, 4) is 0 Å². The molecule has 2 aromatic rings. The molecule has 0 radical (unpaired) electrons. The summed E-state index contributed by atoms with van der Waals surface area (Å²) in [6.07, 6.45) is 1.11. The van der Waals surface area contributed by atoms with Gasteiger partial charge < -0.3 is 9.42 Å². The Morgan fingerprint density at radius 1 is 1.27 bits per heavy atom. The summed E-state index contributed by atoms with van der Waals surface area (Å²) in [5, 5.41) is 3.84. The molecule has 1 heterocycles. The summed E-state index contributed by atoms with van der Waals surface area (Å²) in [5.41, 5.74) is 0.977. The van der Waals surface area contributed by atoms with Gasteiger partial charge in [0.15, 0.2) is 9.84 Å². The fourth-order valence-corrected chi connectivity index (χ4v) is 2.89. The normalized spacial score (nSPS) is 11.7. The minimum absolute atomic E-state index is 0.0782. The van der Waals surface area contributed by atoms with Crippen molar-refractivity contribution < 1.29 is 17.7 Å². The van der Waals surface area contributed by atoms with Gasteiger partial charge in [-0.15, -0.1) is 0 Å². The van der Waals surface area contributed by atoms with E-state index in [4.69, 9.17) is 4.52 Å². The van der Waals surface area contributed by atoms with Crippen molar-refractivity contribution in [1.82, 2.24) is 5.16 Å². The molecule has 22 heavy (non-hydrogen) atoms. The third-order valence-electron chi connectivity index (χ3n) is 3.26. The van der Waals surface area contributed by atoms with Gasteiger partial charge in [-0.25, -0.2) is 8.42 Å². The standard InChI is InChI=1S/C15H18N2O4S/c1-10(2)11-9-13(21-16-11)15(18)17(3)12-7-5-6-8-14(12)22(4,19)20/h5-10H,1-4H3. The zero-order valence-corrected chi connectivity index (χ0v) is 13.7. The summed E-state index contributed by atoms with van der Waals surface area (Å²) in [5.74, 6) is -0.232. The number of sulfone groups is 1. The van der Waals surface area contributed by atoms with E-state index in [1.807, 2.05) is 13.8 Å². The number of aromatic nitrogens is 1. The zero-order chi connectivity index (χ0) is 16.5. The highest BCUT2D eigenvalue weighted by Crippen LogP contribution is 2.25. The van der Waals surface area contributed by atoms with Gasteiger partial charge >= 0.3 is 0 Å². The van der Waals surface area contributed by atoms with Crippen molar-refractivity contribution in [3.63, 3.8) is 0 Å². The highest BCUT2D eigenvalue weighted by Gasteiger charge is 2.23. The molecule has 0 atom stereocenters. The first-order chi connectivity index (χ1) is 10.2. The smallest absolute Gasteiger partial charge is 0.296 e. The third-order valence-corrected chi connectivity index (χ3v) is 4.41. The van der Waals surface area contributed by atoms with Crippen LogP contribution in [0.1, 0.15) is 36.0 Å². The molecule has 0 N–H and O–H groups in total. The molecule has 0 unspecified atom stereocenters. The van der Waals surface area contributed by atoms with Gasteiger partial charge in [-0.05, 0) is 18.1 Å². The monoisotopic (exact) mass is 322 g/mol. The molecule has 118 valence electrons. The molecule has 0 fully saturated rings. The second-order valence-electron chi connectivity index (χ2n) is 5.37. The molecule has 0 saturated carbocycles. The molecule has 0 aliphatic heterocycles. The molecule has 6 nitrogen and oxygen atoms in total. The van der Waals surface area contributed by atoms with Gasteiger partial charge in [0.1, 0.15) is 0 Å². The number of hydrogen-bond acceptors (Lipinski definition) is 5. The minimum Gasteiger partial charge on any atom is -0.351 e. The average Bonchev–Trinajstić information content (AvgIpc) is 2.95. The van der Waals surface area contributed by atoms with Crippen LogP contribution in [0.4, 0.5) is 5.69 Å². The third kappa shape index (κ3) is 3.19. The predicted molar refractivity (Wildman–Crippen MR) is 82.9 cm³/mol. The number of anilines is 1. The second-order valence-corrected chi connectivity index (χ2v) is 7.36. The van der Waals surface area contributed by atoms with Crippen LogP contribution in [0.15, 0.2) is 39.8 Å². The van der Waals surface area contributed by atoms with Crippen molar-refractivity contribution in [2.75, 3.05) is 18.2 Å². The molecule has 0 aliphatic carbocycles. The SMILES string of the molecule is CC(C)c1cc(C(=O)N(C)c2ccccc2S(C)(=O)=O)on1. The van der Waals surface area contributed by atoms with Crippen LogP contribution < -0.4 is 4.90 Å². The van der Waals surface area contributed by atoms with E-state index >= 15 is 0 Å². The van der Waals surface area contributed by atoms with Crippen molar-refractivity contribution in [1.29, 1.82) is 0 Å². The summed E-state index contributed by atoms with van der Waals surface area (Å²) in [6.45, 7) is 3.88. The average molecular weight is 322 g/mol. The lowest BCUT2D eigenvalue weighted by Crippen LogP contribution is -2.27. The Bertz CT molecular complexity index is 793. The zero-order valence-electron chi connectivity index (χ0n) is 12.9. The van der Waals surface area contributed by atoms with Crippen molar-refractivity contribution in [2.45, 2.75) is 24.7 Å². The number of hydrogen-bond donors (Lipinski definition) is 0. The van der Waals surface area contributed by atoms with Gasteiger partial charge in [-0.3, -0.25) is 4.79 Å². The molecule has 7 heteroatoms. The van der Waals surface area contributed by atoms with Crippen molar-refractivity contribution >= 4 is 21.4 Å². The van der Waals surface area contributed by atoms with Gasteiger partial charge in [0.2, 0.25) is 5.76 Å². The van der Waals surface area contributed by atoms with Crippen molar-refractivity contribution in [3.05, 3.63) is 41.8 Å². The topological polar surface area (TPSA) is 80.5 Å². The summed E-state index contributed by atoms with van der Waals surface area (Å²) >= 11 is 0. The van der Waals surface area contributed by atoms with Gasteiger partial charge in [0.05, 0.1) is 16.3 Å². The second kappa shape index (κ2) is 5.92. The first kappa shape index (κ1) is 16.2. The van der Waals surface area contributed by atoms with E-state index < -0.39 is 15.7 Å². The van der Waals surface area contributed by atoms with E-state index in [0.29, 0.717) is 11.4 Å². The number of carbonyl (C=O) groups is 1. The Morgan fingerprint density at radius 3 is 2.45 bits per heavy atom. The highest BCUT2D eigenvalue weighted by atomic mass is 32.2. The number of rotatable bonds is 4. The lowest BCUT2D eigenvalue weighted by atomic mass is 10.1. The summed E-state index contributed by atoms with van der Waals surface area (Å²) in [4.78, 5) is 13.8. The van der Waals surface area contributed by atoms with E-state index in [0.717, 1.165) is 6.26 Å². The predicted octanol–water partition coefficient (Wildman–Crippen LogP) is 2.48. The first-order valence-corrected chi connectivity index (χ1v) is 8.64. The molecular weight excluding hydrogens is 304 g/mol. The van der Waals surface area contributed by atoms with Crippen LogP contribution in [-0.4, -0.2) is 32.8 Å². The first-order valence-electron chi connectivity index (χ1n) is 6.75. The van der Waals surface area contributed by atoms with E-state index in [9.17, 15) is 13.2 Å². The highest BCUT2D eigenvalue weighted by molar-refractivity contribution is 7.90. The lowest BCUT2D eigenvalue weighted by Gasteiger charge is -2.18. The number of carbonyl (C=O) groups excluding carboxylic acids is 1. The molecule has 1 aromatic heterocycles. The maximum Gasteiger partial charge on any atom is 0.296 e. The fourth-order valence-electron chi connectivity index (χ4n) is 1.98. The van der Waals surface area contributed by atoms with Gasteiger partial charge in [-0.2, -0.15) is 0 Å². The Hall–Kier alpha value is -2.15. The summed E-state index contributed by atoms with van der Waals surface area (Å²) in [7, 11) is -1.94. The Kier molecular flexibility index (Phi) is 4.37. The molecule has 0 saturated heterocycles. The van der Waals surface area contributed by atoms with E-state index in [2.05, 4.69) is 5.16 Å². The quantitative estimate of drug-likeness (QED) is 0.864. The molecule has 0 bridgehead atoms. The van der Waals surface area contributed by atoms with E-state index in [-0.39, 0.29) is 16.6 Å². The van der Waals surface area contributed by atoms with E-state index in [1.165, 1.54) is 18.0 Å². The Morgan fingerprint density at radius 2 is 1.91 bits per heavy atom. The molecular formula is C15H18N2O4S. The van der Waals surface area contributed by atoms with Crippen molar-refractivity contribution in [2.24, 2.45) is 0 Å². The maximum atomic E-state index is 12.5. The van der Waals surface area contributed by atoms with Crippen LogP contribution in [-0.2, 0) is 9.84 Å². The number of amides is 1. The number of para-hydroxylation sites is 1. The number of nitrogens with zero attached hydrogens (tertiary/aromatic N) is 2. The maximum absolute atomic E-state index is 12.5. The van der Waals surface area contributed by atoms with Crippen LogP contribution in [0, 0.1) is 0 Å². The van der Waals surface area contributed by atoms with Gasteiger partial charge in [-0.1, -0.05) is 31.1 Å². The van der Waals surface area contributed by atoms with Gasteiger partial charge in [0, 0.05) is 19.4 Å². The van der Waals surface area contributed by atoms with Crippen LogP contribution in [0.5, 0.6) is 0 Å². The Labute approximate surface area is 129 Å². The molecule has 0 aliphatic rings. The van der Waals surface area contributed by atoms with Crippen LogP contribution >= 0.6 is 0 Å². The molecule has 0 spiro atoms. The fraction of sp³-hybridized carbons (Fsp3) is 0.333. The molecule has 1 aromatic carbocycles. The molecule has 2 rings (SSSR count).